The molecule has 1 unspecified atom stereocenters. The van der Waals surface area contributed by atoms with Crippen LogP contribution < -0.4 is 10.6 Å². The fourth-order valence-electron chi connectivity index (χ4n) is 2.55. The number of hydrogen-bond acceptors (Lipinski definition) is 6. The number of aliphatic imine (C=N–C) groups is 1. The number of rotatable bonds is 9. The molecule has 0 aliphatic carbocycles. The Bertz CT molecular complexity index is 696. The lowest BCUT2D eigenvalue weighted by Gasteiger charge is -2.21. The zero-order valence-corrected chi connectivity index (χ0v) is 17.5. The van der Waals surface area contributed by atoms with Crippen LogP contribution in [0.1, 0.15) is 37.4 Å². The summed E-state index contributed by atoms with van der Waals surface area (Å²) in [6.45, 7) is 9.38. The minimum absolute atomic E-state index is 0.260. The van der Waals surface area contributed by atoms with E-state index in [0.29, 0.717) is 5.96 Å². The molecule has 6 nitrogen and oxygen atoms in total. The van der Waals surface area contributed by atoms with E-state index < -0.39 is 5.60 Å². The van der Waals surface area contributed by atoms with Crippen molar-refractivity contribution in [2.45, 2.75) is 44.1 Å². The van der Waals surface area contributed by atoms with Gasteiger partial charge in [0.15, 0.2) is 5.96 Å². The number of nitrogens with one attached hydrogen (secondary N) is 2. The van der Waals surface area contributed by atoms with Crippen molar-refractivity contribution >= 4 is 29.1 Å². The molecule has 0 aliphatic heterocycles. The molecule has 1 atom stereocenters. The molecule has 0 aliphatic rings. The Morgan fingerprint density at radius 2 is 2.23 bits per heavy atom. The summed E-state index contributed by atoms with van der Waals surface area (Å²) in [4.78, 5) is 8.81. The van der Waals surface area contributed by atoms with E-state index >= 15 is 0 Å². The molecule has 0 saturated carbocycles. The highest BCUT2D eigenvalue weighted by molar-refractivity contribution is 8.00. The number of thiazole rings is 1. The van der Waals surface area contributed by atoms with Crippen LogP contribution in [0.2, 0.25) is 0 Å². The maximum Gasteiger partial charge on any atom is 0.191 e. The first kappa shape index (κ1) is 20.8. The van der Waals surface area contributed by atoms with Crippen molar-refractivity contribution in [2.75, 3.05) is 25.4 Å². The number of thioether (sulfide) groups is 1. The minimum Gasteiger partial charge on any atom is -0.466 e. The average molecular weight is 397 g/mol. The van der Waals surface area contributed by atoms with Crippen molar-refractivity contribution in [2.24, 2.45) is 4.99 Å². The molecule has 26 heavy (non-hydrogen) atoms. The molecule has 2 aromatic rings. The maximum absolute atomic E-state index is 10.8. The van der Waals surface area contributed by atoms with E-state index in [1.807, 2.05) is 38.4 Å². The van der Waals surface area contributed by atoms with Crippen LogP contribution in [-0.4, -0.2) is 41.4 Å². The molecule has 0 radical (unpaired) electrons. The third kappa shape index (κ3) is 6.34. The molecule has 2 aromatic heterocycles. The van der Waals surface area contributed by atoms with Gasteiger partial charge in [-0.05, 0) is 40.2 Å². The summed E-state index contributed by atoms with van der Waals surface area (Å²) in [5, 5.41) is 19.3. The number of aromatic nitrogens is 1. The molecule has 144 valence electrons. The number of aryl methyl sites for hydroxylation is 2. The van der Waals surface area contributed by atoms with Crippen molar-refractivity contribution in [1.82, 2.24) is 15.6 Å². The van der Waals surface area contributed by atoms with Crippen molar-refractivity contribution in [1.29, 1.82) is 0 Å². The van der Waals surface area contributed by atoms with Gasteiger partial charge in [-0.1, -0.05) is 11.8 Å². The molecule has 3 N–H and O–H groups in total. The van der Waals surface area contributed by atoms with Crippen LogP contribution in [0, 0.1) is 13.8 Å². The molecule has 8 heteroatoms. The van der Waals surface area contributed by atoms with Crippen molar-refractivity contribution in [3.8, 4) is 0 Å². The van der Waals surface area contributed by atoms with Crippen LogP contribution >= 0.6 is 23.1 Å². The quantitative estimate of drug-likeness (QED) is 0.261. The predicted molar refractivity (Wildman–Crippen MR) is 109 cm³/mol. The van der Waals surface area contributed by atoms with Gasteiger partial charge in [-0.2, -0.15) is 0 Å². The van der Waals surface area contributed by atoms with Gasteiger partial charge in [0.1, 0.15) is 21.5 Å². The molecule has 0 saturated heterocycles. The van der Waals surface area contributed by atoms with Crippen LogP contribution in [-0.2, 0) is 5.60 Å². The number of hydrogen-bond donors (Lipinski definition) is 3. The maximum atomic E-state index is 10.8. The summed E-state index contributed by atoms with van der Waals surface area (Å²) in [6.07, 6.45) is 2.83. The van der Waals surface area contributed by atoms with Gasteiger partial charge in [0.05, 0.1) is 6.54 Å². The van der Waals surface area contributed by atoms with E-state index in [0.717, 1.165) is 46.7 Å². The van der Waals surface area contributed by atoms with Crippen LogP contribution in [0.4, 0.5) is 0 Å². The van der Waals surface area contributed by atoms with Gasteiger partial charge in [0.25, 0.3) is 0 Å². The third-order valence-electron chi connectivity index (χ3n) is 3.76. The zero-order chi connectivity index (χ0) is 19.0. The Labute approximate surface area is 163 Å². The van der Waals surface area contributed by atoms with E-state index in [9.17, 15) is 5.11 Å². The number of nitrogens with zero attached hydrogens (tertiary/aromatic N) is 2. The molecule has 0 spiro atoms. The zero-order valence-electron chi connectivity index (χ0n) is 15.8. The van der Waals surface area contributed by atoms with E-state index in [1.165, 1.54) is 0 Å². The second kappa shape index (κ2) is 9.99. The molecule has 0 fully saturated rings. The summed E-state index contributed by atoms with van der Waals surface area (Å²) in [7, 11) is 0. The average Bonchev–Trinajstić information content (AvgIpc) is 3.21. The molecular weight excluding hydrogens is 368 g/mol. The molecule has 2 heterocycles. The lowest BCUT2D eigenvalue weighted by molar-refractivity contribution is 0.0657. The Hall–Kier alpha value is -1.51. The van der Waals surface area contributed by atoms with Crippen LogP contribution in [0.15, 0.2) is 31.4 Å². The molecule has 0 bridgehead atoms. The molecule has 2 rings (SSSR count). The second-order valence-electron chi connectivity index (χ2n) is 6.22. The van der Waals surface area contributed by atoms with Gasteiger partial charge in [-0.25, -0.2) is 9.98 Å². The normalized spacial score (nSPS) is 14.3. The van der Waals surface area contributed by atoms with Crippen LogP contribution in [0.25, 0.3) is 0 Å². The Kier molecular flexibility index (Phi) is 7.99. The van der Waals surface area contributed by atoms with Crippen LogP contribution in [0.5, 0.6) is 0 Å². The minimum atomic E-state index is -1.06. The topological polar surface area (TPSA) is 82.7 Å². The number of aliphatic hydroxyl groups is 1. The third-order valence-corrected chi connectivity index (χ3v) is 5.81. The first-order valence-electron chi connectivity index (χ1n) is 8.76. The van der Waals surface area contributed by atoms with E-state index in [2.05, 4.69) is 20.6 Å². The smallest absolute Gasteiger partial charge is 0.191 e. The van der Waals surface area contributed by atoms with E-state index in [1.54, 1.807) is 30.0 Å². The summed E-state index contributed by atoms with van der Waals surface area (Å²) in [5.74, 6) is 3.25. The number of furan rings is 1. The summed E-state index contributed by atoms with van der Waals surface area (Å²) in [5.41, 5.74) is -0.278. The molecule has 0 aromatic carbocycles. The first-order valence-corrected chi connectivity index (χ1v) is 10.6. The van der Waals surface area contributed by atoms with Gasteiger partial charge in [0, 0.05) is 36.0 Å². The van der Waals surface area contributed by atoms with Gasteiger partial charge in [-0.3, -0.25) is 0 Å². The standard InChI is InChI=1S/C18H28N4O2S2/c1-5-19-16(20-7-6-9-25-17-21-8-10-26-17)22-12-18(4,23)15-11-13(2)24-14(15)3/h8,10-11,23H,5-7,9,12H2,1-4H3,(H2,19,20,22). The van der Waals surface area contributed by atoms with Crippen molar-refractivity contribution in [3.05, 3.63) is 34.7 Å². The number of guanidine groups is 1. The highest BCUT2D eigenvalue weighted by Gasteiger charge is 2.27. The van der Waals surface area contributed by atoms with Gasteiger partial charge >= 0.3 is 0 Å². The summed E-state index contributed by atoms with van der Waals surface area (Å²) in [6, 6.07) is 1.88. The van der Waals surface area contributed by atoms with Crippen molar-refractivity contribution in [3.63, 3.8) is 0 Å². The Balaban J connectivity index is 1.84. The lowest BCUT2D eigenvalue weighted by atomic mass is 9.96. The Morgan fingerprint density at radius 3 is 2.85 bits per heavy atom. The summed E-state index contributed by atoms with van der Waals surface area (Å²) < 4.78 is 6.64. The van der Waals surface area contributed by atoms with Crippen molar-refractivity contribution < 1.29 is 9.52 Å². The second-order valence-corrected chi connectivity index (χ2v) is 8.46. The van der Waals surface area contributed by atoms with Crippen LogP contribution in [0.3, 0.4) is 0 Å². The highest BCUT2D eigenvalue weighted by atomic mass is 32.2. The monoisotopic (exact) mass is 396 g/mol. The molecule has 0 amide bonds. The fraction of sp³-hybridized carbons (Fsp3) is 0.556. The first-order chi connectivity index (χ1) is 12.4. The van der Waals surface area contributed by atoms with Gasteiger partial charge in [-0.15, -0.1) is 11.3 Å². The SMILES string of the molecule is CCNC(=NCC(C)(O)c1cc(C)oc1C)NCCCSc1nccs1. The Morgan fingerprint density at radius 1 is 1.42 bits per heavy atom. The molecular formula is C18H28N4O2S2. The fourth-order valence-corrected chi connectivity index (χ4v) is 4.19. The van der Waals surface area contributed by atoms with Gasteiger partial charge in [0.2, 0.25) is 0 Å². The summed E-state index contributed by atoms with van der Waals surface area (Å²) >= 11 is 3.43. The largest absolute Gasteiger partial charge is 0.466 e. The predicted octanol–water partition coefficient (Wildman–Crippen LogP) is 3.30. The lowest BCUT2D eigenvalue weighted by Crippen LogP contribution is -2.39. The van der Waals surface area contributed by atoms with E-state index in [4.69, 9.17) is 4.42 Å². The van der Waals surface area contributed by atoms with Gasteiger partial charge < -0.3 is 20.2 Å². The highest BCUT2D eigenvalue weighted by Crippen LogP contribution is 2.27. The van der Waals surface area contributed by atoms with E-state index in [-0.39, 0.29) is 6.54 Å².